The topological polar surface area (TPSA) is 61.9 Å². The molecule has 0 unspecified atom stereocenters. The Morgan fingerprint density at radius 1 is 1.03 bits per heavy atom. The molecule has 0 saturated carbocycles. The predicted octanol–water partition coefficient (Wildman–Crippen LogP) is 7.12. The molecule has 0 radical (unpaired) electrons. The monoisotopic (exact) mass is 557 g/mol. The molecule has 0 saturated heterocycles. The second kappa shape index (κ2) is 11.7. The molecule has 0 fully saturated rings. The number of hydrogen-bond acceptors (Lipinski definition) is 5. The summed E-state index contributed by atoms with van der Waals surface area (Å²) in [6, 6.07) is 20.8. The Morgan fingerprint density at radius 2 is 1.73 bits per heavy atom. The number of amides is 2. The number of urea groups is 1. The van der Waals surface area contributed by atoms with Gasteiger partial charge in [0.2, 0.25) is 0 Å². The van der Waals surface area contributed by atoms with Gasteiger partial charge in [-0.05, 0) is 86.7 Å². The van der Waals surface area contributed by atoms with Crippen LogP contribution < -0.4 is 14.5 Å². The van der Waals surface area contributed by atoms with Crippen LogP contribution in [0.4, 0.5) is 16.2 Å². The van der Waals surface area contributed by atoms with E-state index in [1.807, 2.05) is 73.6 Å². The van der Waals surface area contributed by atoms with Crippen molar-refractivity contribution in [2.24, 2.45) is 0 Å². The van der Waals surface area contributed by atoms with Gasteiger partial charge in [0.05, 0.1) is 0 Å². The summed E-state index contributed by atoms with van der Waals surface area (Å²) in [6.07, 6.45) is 0.718. The van der Waals surface area contributed by atoms with E-state index in [9.17, 15) is 9.59 Å². The van der Waals surface area contributed by atoms with Crippen molar-refractivity contribution >= 4 is 58.5 Å². The van der Waals surface area contributed by atoms with Crippen LogP contribution in [-0.4, -0.2) is 30.7 Å². The molecule has 6 nitrogen and oxygen atoms in total. The lowest BCUT2D eigenvalue weighted by molar-refractivity contribution is -0.152. The summed E-state index contributed by atoms with van der Waals surface area (Å²) in [5.74, 6) is -0.351. The van der Waals surface area contributed by atoms with Crippen molar-refractivity contribution in [1.29, 1.82) is 0 Å². The van der Waals surface area contributed by atoms with E-state index >= 15 is 0 Å². The number of fused-ring (bicyclic) bond motifs is 1. The molecule has 194 valence electrons. The van der Waals surface area contributed by atoms with Crippen molar-refractivity contribution in [3.63, 3.8) is 0 Å². The molecule has 37 heavy (non-hydrogen) atoms. The molecule has 0 bridgehead atoms. The lowest BCUT2D eigenvalue weighted by atomic mass is 10.1. The summed E-state index contributed by atoms with van der Waals surface area (Å²) in [5, 5.41) is 4.02. The van der Waals surface area contributed by atoms with Crippen LogP contribution in [0.3, 0.4) is 0 Å². The summed E-state index contributed by atoms with van der Waals surface area (Å²) < 4.78 is 7.43. The number of anilines is 2. The van der Waals surface area contributed by atoms with Crippen molar-refractivity contribution in [3.05, 3.63) is 87.9 Å². The fourth-order valence-electron chi connectivity index (χ4n) is 4.00. The summed E-state index contributed by atoms with van der Waals surface area (Å²) in [4.78, 5) is 28.2. The quantitative estimate of drug-likeness (QED) is 0.247. The molecule has 0 aliphatic carbocycles. The number of carbonyl (C=O) groups excluding carboxylic acids is 2. The smallest absolute Gasteiger partial charge is 0.327 e. The maximum Gasteiger partial charge on any atom is 0.327 e. The molecule has 2 amide bonds. The average molecular weight is 559 g/mol. The highest BCUT2D eigenvalue weighted by Crippen LogP contribution is 2.37. The first-order valence-corrected chi connectivity index (χ1v) is 13.5. The van der Waals surface area contributed by atoms with Gasteiger partial charge in [0.15, 0.2) is 0 Å². The lowest BCUT2D eigenvalue weighted by Gasteiger charge is -2.26. The maximum absolute atomic E-state index is 12.9. The summed E-state index contributed by atoms with van der Waals surface area (Å²) in [5.41, 5.74) is 3.16. The molecule has 4 rings (SSSR count). The van der Waals surface area contributed by atoms with Gasteiger partial charge in [-0.3, -0.25) is 9.69 Å². The van der Waals surface area contributed by atoms with Gasteiger partial charge in [0.25, 0.3) is 0 Å². The summed E-state index contributed by atoms with van der Waals surface area (Å²) in [6.45, 7) is 6.59. The van der Waals surface area contributed by atoms with Crippen LogP contribution >= 0.6 is 35.1 Å². The van der Waals surface area contributed by atoms with Crippen LogP contribution in [0, 0.1) is 0 Å². The number of benzene rings is 3. The number of halogens is 2. The number of ether oxygens (including phenoxy) is 1. The molecule has 1 aliphatic rings. The SMILES string of the molecule is CC(C)(C)OC(=O)CN(Sc1cc(Cl)cc(Cl)c1)c1ccc2c(c1)CCN2C(=O)NCc1ccccc1. The second-order valence-electron chi connectivity index (χ2n) is 9.68. The fraction of sp³-hybridized carbons (Fsp3) is 0.286. The maximum atomic E-state index is 12.9. The number of nitrogens with one attached hydrogen (secondary N) is 1. The number of esters is 1. The van der Waals surface area contributed by atoms with E-state index in [1.165, 1.54) is 11.9 Å². The van der Waals surface area contributed by atoms with Crippen LogP contribution in [0.15, 0.2) is 71.6 Å². The number of nitrogens with zero attached hydrogens (tertiary/aromatic N) is 2. The number of carbonyl (C=O) groups is 2. The van der Waals surface area contributed by atoms with Crippen molar-refractivity contribution < 1.29 is 14.3 Å². The summed E-state index contributed by atoms with van der Waals surface area (Å²) in [7, 11) is 0. The Morgan fingerprint density at radius 3 is 2.41 bits per heavy atom. The van der Waals surface area contributed by atoms with Crippen LogP contribution in [0.2, 0.25) is 10.0 Å². The molecule has 1 heterocycles. The van der Waals surface area contributed by atoms with E-state index < -0.39 is 5.60 Å². The van der Waals surface area contributed by atoms with E-state index in [1.54, 1.807) is 23.1 Å². The molecule has 1 N–H and O–H groups in total. The Bertz CT molecular complexity index is 1260. The molecule has 0 aromatic heterocycles. The van der Waals surface area contributed by atoms with Gasteiger partial charge < -0.3 is 14.4 Å². The van der Waals surface area contributed by atoms with Gasteiger partial charge in [0, 0.05) is 39.4 Å². The highest BCUT2D eigenvalue weighted by atomic mass is 35.5. The van der Waals surface area contributed by atoms with Crippen molar-refractivity contribution in [2.75, 3.05) is 22.3 Å². The van der Waals surface area contributed by atoms with E-state index in [-0.39, 0.29) is 18.5 Å². The predicted molar refractivity (Wildman–Crippen MR) is 152 cm³/mol. The van der Waals surface area contributed by atoms with E-state index in [2.05, 4.69) is 5.32 Å². The molecule has 9 heteroatoms. The Hall–Kier alpha value is -2.87. The minimum Gasteiger partial charge on any atom is -0.459 e. The molecular weight excluding hydrogens is 529 g/mol. The first kappa shape index (κ1) is 27.2. The highest BCUT2D eigenvalue weighted by molar-refractivity contribution is 8.00. The molecule has 1 aliphatic heterocycles. The number of rotatable bonds is 7. The third-order valence-corrected chi connectivity index (χ3v) is 6.97. The van der Waals surface area contributed by atoms with Gasteiger partial charge in [0.1, 0.15) is 12.1 Å². The molecule has 3 aromatic carbocycles. The first-order valence-electron chi connectivity index (χ1n) is 11.9. The molecule has 0 spiro atoms. The normalized spacial score (nSPS) is 12.7. The van der Waals surface area contributed by atoms with Gasteiger partial charge >= 0.3 is 12.0 Å². The Balaban J connectivity index is 1.53. The van der Waals surface area contributed by atoms with E-state index in [0.717, 1.165) is 33.8 Å². The fourth-order valence-corrected chi connectivity index (χ4v) is 5.66. The zero-order chi connectivity index (χ0) is 26.6. The largest absolute Gasteiger partial charge is 0.459 e. The minimum atomic E-state index is -0.599. The number of hydrogen-bond donors (Lipinski definition) is 1. The van der Waals surface area contributed by atoms with E-state index in [4.69, 9.17) is 27.9 Å². The van der Waals surface area contributed by atoms with Gasteiger partial charge in [-0.1, -0.05) is 53.5 Å². The van der Waals surface area contributed by atoms with Gasteiger partial charge in [-0.2, -0.15) is 0 Å². The van der Waals surface area contributed by atoms with Crippen LogP contribution in [0.5, 0.6) is 0 Å². The summed E-state index contributed by atoms with van der Waals surface area (Å²) >= 11 is 13.8. The van der Waals surface area contributed by atoms with Crippen molar-refractivity contribution in [2.45, 2.75) is 44.2 Å². The van der Waals surface area contributed by atoms with Crippen molar-refractivity contribution in [1.82, 2.24) is 5.32 Å². The highest BCUT2D eigenvalue weighted by Gasteiger charge is 2.27. The average Bonchev–Trinajstić information content (AvgIpc) is 3.24. The van der Waals surface area contributed by atoms with Crippen LogP contribution in [0.25, 0.3) is 0 Å². The second-order valence-corrected chi connectivity index (χ2v) is 11.6. The van der Waals surface area contributed by atoms with Crippen LogP contribution in [0.1, 0.15) is 31.9 Å². The standard InChI is InChI=1S/C28H29Cl2N3O3S/c1-28(2,3)36-26(34)18-33(37-24-15-21(29)14-22(30)16-24)23-9-10-25-20(13-23)11-12-32(25)27(35)31-17-19-7-5-4-6-8-19/h4-10,13-16H,11-12,17-18H2,1-3H3,(H,31,35). The molecule has 3 aromatic rings. The molecule has 0 atom stereocenters. The zero-order valence-corrected chi connectivity index (χ0v) is 23.3. The molecular formula is C28H29Cl2N3O3S. The van der Waals surface area contributed by atoms with Crippen molar-refractivity contribution in [3.8, 4) is 0 Å². The Labute approximate surface area is 232 Å². The zero-order valence-electron chi connectivity index (χ0n) is 21.0. The lowest BCUT2D eigenvalue weighted by Crippen LogP contribution is -2.38. The third-order valence-electron chi connectivity index (χ3n) is 5.52. The first-order chi connectivity index (χ1) is 17.6. The van der Waals surface area contributed by atoms with E-state index in [0.29, 0.717) is 23.1 Å². The Kier molecular flexibility index (Phi) is 8.57. The third kappa shape index (κ3) is 7.57. The van der Waals surface area contributed by atoms with Crippen LogP contribution in [-0.2, 0) is 22.5 Å². The van der Waals surface area contributed by atoms with Gasteiger partial charge in [-0.25, -0.2) is 4.79 Å². The minimum absolute atomic E-state index is 0.0200. The van der Waals surface area contributed by atoms with Gasteiger partial charge in [-0.15, -0.1) is 0 Å².